The standard InChI is InChI=1S/C25H24F6N6O/c1-14(15-3-2-4-17(9-15)24(26,27)28)34-22(38)36-7-5-23(13-36)6-8-37-20(23)11-19(35-37)16-10-18(25(29,30)31)21(32)33-12-16/h2-4,9-12,14H,5-8,13H2,1H3,(H2,32,33)(H,34,38). The molecule has 38 heavy (non-hydrogen) atoms. The van der Waals surface area contributed by atoms with Crippen molar-refractivity contribution in [2.45, 2.75) is 50.1 Å². The van der Waals surface area contributed by atoms with E-state index in [1.165, 1.54) is 18.3 Å². The molecule has 2 atom stereocenters. The Labute approximate surface area is 213 Å². The number of aromatic nitrogens is 3. The van der Waals surface area contributed by atoms with Crippen molar-refractivity contribution >= 4 is 11.8 Å². The number of urea groups is 1. The van der Waals surface area contributed by atoms with Gasteiger partial charge in [-0.2, -0.15) is 31.4 Å². The maximum Gasteiger partial charge on any atom is 0.419 e. The fraction of sp³-hybridized carbons (Fsp3) is 0.400. The molecular weight excluding hydrogens is 514 g/mol. The molecular formula is C25H24F6N6O. The Bertz CT molecular complexity index is 1380. The van der Waals surface area contributed by atoms with Crippen LogP contribution in [0.1, 0.15) is 48.2 Å². The minimum atomic E-state index is -4.65. The molecule has 3 N–H and O–H groups in total. The van der Waals surface area contributed by atoms with Gasteiger partial charge in [0.25, 0.3) is 0 Å². The number of nitrogen functional groups attached to an aromatic ring is 1. The van der Waals surface area contributed by atoms with Gasteiger partial charge in [-0.1, -0.05) is 12.1 Å². The van der Waals surface area contributed by atoms with Crippen LogP contribution >= 0.6 is 0 Å². The van der Waals surface area contributed by atoms with Crippen LogP contribution in [-0.4, -0.2) is 38.8 Å². The van der Waals surface area contributed by atoms with Crippen molar-refractivity contribution in [3.63, 3.8) is 0 Å². The Morgan fingerprint density at radius 2 is 1.82 bits per heavy atom. The summed E-state index contributed by atoms with van der Waals surface area (Å²) in [4.78, 5) is 18.3. The Kier molecular flexibility index (Phi) is 6.07. The van der Waals surface area contributed by atoms with Gasteiger partial charge in [0.15, 0.2) is 0 Å². The normalized spacial score (nSPS) is 20.1. The van der Waals surface area contributed by atoms with Crippen LogP contribution in [0.2, 0.25) is 0 Å². The molecule has 2 aliphatic heterocycles. The van der Waals surface area contributed by atoms with E-state index in [0.717, 1.165) is 23.9 Å². The molecule has 3 aromatic rings. The van der Waals surface area contributed by atoms with E-state index in [4.69, 9.17) is 5.73 Å². The lowest BCUT2D eigenvalue weighted by Crippen LogP contribution is -2.41. The SMILES string of the molecule is CC(NC(=O)N1CCC2(CCn3nc(-c4cnc(N)c(C(F)(F)F)c4)cc32)C1)c1cccc(C(F)(F)F)c1. The summed E-state index contributed by atoms with van der Waals surface area (Å²) in [5.74, 6) is -0.610. The average Bonchev–Trinajstić information content (AvgIpc) is 3.55. The number of carbonyl (C=O) groups is 1. The second kappa shape index (κ2) is 8.91. The van der Waals surface area contributed by atoms with E-state index in [1.54, 1.807) is 22.6 Å². The topological polar surface area (TPSA) is 89.1 Å². The fourth-order valence-electron chi connectivity index (χ4n) is 5.25. The zero-order valence-electron chi connectivity index (χ0n) is 20.2. The van der Waals surface area contributed by atoms with Crippen molar-refractivity contribution in [2.75, 3.05) is 18.8 Å². The minimum absolute atomic E-state index is 0.186. The van der Waals surface area contributed by atoms with Crippen molar-refractivity contribution in [3.8, 4) is 11.3 Å². The smallest absolute Gasteiger partial charge is 0.383 e. The maximum atomic E-state index is 13.3. The molecule has 0 aliphatic carbocycles. The highest BCUT2D eigenvalue weighted by molar-refractivity contribution is 5.75. The lowest BCUT2D eigenvalue weighted by molar-refractivity contribution is -0.138. The predicted octanol–water partition coefficient (Wildman–Crippen LogP) is 5.38. The van der Waals surface area contributed by atoms with Crippen molar-refractivity contribution in [2.24, 2.45) is 0 Å². The number of likely N-dealkylation sites (tertiary alicyclic amines) is 1. The number of hydrogen-bond acceptors (Lipinski definition) is 4. The molecule has 0 radical (unpaired) electrons. The summed E-state index contributed by atoms with van der Waals surface area (Å²) in [6.07, 6.45) is -6.56. The first kappa shape index (κ1) is 25.9. The third-order valence-electron chi connectivity index (χ3n) is 7.34. The number of carbonyl (C=O) groups excluding carboxylic acids is 1. The first-order valence-corrected chi connectivity index (χ1v) is 11.9. The number of halogens is 6. The van der Waals surface area contributed by atoms with Gasteiger partial charge in [-0.05, 0) is 49.6 Å². The molecule has 202 valence electrons. The summed E-state index contributed by atoms with van der Waals surface area (Å²) < 4.78 is 80.8. The molecule has 1 spiro atoms. The molecule has 1 fully saturated rings. The summed E-state index contributed by atoms with van der Waals surface area (Å²) in [7, 11) is 0. The lowest BCUT2D eigenvalue weighted by Gasteiger charge is -2.25. The number of nitrogens with two attached hydrogens (primary N) is 1. The van der Waals surface area contributed by atoms with Crippen molar-refractivity contribution in [1.82, 2.24) is 25.0 Å². The van der Waals surface area contributed by atoms with Crippen LogP contribution in [0.4, 0.5) is 37.0 Å². The molecule has 2 aromatic heterocycles. The summed E-state index contributed by atoms with van der Waals surface area (Å²) >= 11 is 0. The van der Waals surface area contributed by atoms with Gasteiger partial charge in [-0.15, -0.1) is 0 Å². The van der Waals surface area contributed by atoms with Gasteiger partial charge in [0.2, 0.25) is 0 Å². The van der Waals surface area contributed by atoms with Gasteiger partial charge in [0.1, 0.15) is 5.82 Å². The van der Waals surface area contributed by atoms with Gasteiger partial charge in [0.05, 0.1) is 22.9 Å². The highest BCUT2D eigenvalue weighted by Crippen LogP contribution is 2.44. The average molecular weight is 538 g/mol. The Hall–Kier alpha value is -3.77. The number of aryl methyl sites for hydroxylation is 1. The molecule has 7 nitrogen and oxygen atoms in total. The molecule has 2 unspecified atom stereocenters. The number of amides is 2. The zero-order valence-corrected chi connectivity index (χ0v) is 20.2. The van der Waals surface area contributed by atoms with E-state index >= 15 is 0 Å². The number of anilines is 1. The third-order valence-corrected chi connectivity index (χ3v) is 7.34. The highest BCUT2D eigenvalue weighted by atomic mass is 19.4. The fourth-order valence-corrected chi connectivity index (χ4v) is 5.25. The number of rotatable bonds is 3. The number of nitrogens with zero attached hydrogens (tertiary/aromatic N) is 4. The monoisotopic (exact) mass is 538 g/mol. The minimum Gasteiger partial charge on any atom is -0.383 e. The van der Waals surface area contributed by atoms with Crippen LogP contribution in [0.5, 0.6) is 0 Å². The van der Waals surface area contributed by atoms with Crippen LogP contribution in [0.3, 0.4) is 0 Å². The van der Waals surface area contributed by atoms with Crippen LogP contribution in [0.15, 0.2) is 42.6 Å². The lowest BCUT2D eigenvalue weighted by atomic mass is 9.82. The van der Waals surface area contributed by atoms with Crippen molar-refractivity contribution in [3.05, 3.63) is 65.0 Å². The van der Waals surface area contributed by atoms with Crippen LogP contribution in [-0.2, 0) is 24.3 Å². The quantitative estimate of drug-likeness (QED) is 0.438. The van der Waals surface area contributed by atoms with E-state index in [-0.39, 0.29) is 5.56 Å². The number of benzene rings is 1. The molecule has 0 bridgehead atoms. The third kappa shape index (κ3) is 4.65. The summed E-state index contributed by atoms with van der Waals surface area (Å²) in [5.41, 5.74) is 4.84. The first-order valence-electron chi connectivity index (χ1n) is 11.9. The zero-order chi connectivity index (χ0) is 27.5. The summed E-state index contributed by atoms with van der Waals surface area (Å²) in [6, 6.07) is 6.43. The Morgan fingerprint density at radius 3 is 2.53 bits per heavy atom. The van der Waals surface area contributed by atoms with E-state index in [0.29, 0.717) is 43.7 Å². The number of fused-ring (bicyclic) bond motifs is 2. The maximum absolute atomic E-state index is 13.3. The molecule has 1 aromatic carbocycles. The van der Waals surface area contributed by atoms with E-state index in [1.807, 2.05) is 0 Å². The number of hydrogen-bond donors (Lipinski definition) is 2. The molecule has 1 saturated heterocycles. The van der Waals surface area contributed by atoms with Crippen LogP contribution in [0, 0.1) is 0 Å². The number of pyridine rings is 1. The second-order valence-electron chi connectivity index (χ2n) is 9.79. The highest BCUT2D eigenvalue weighted by Gasteiger charge is 2.47. The molecule has 5 rings (SSSR count). The van der Waals surface area contributed by atoms with E-state index in [9.17, 15) is 31.1 Å². The van der Waals surface area contributed by atoms with Gasteiger partial charge in [-0.3, -0.25) is 4.68 Å². The molecule has 0 saturated carbocycles. The van der Waals surface area contributed by atoms with E-state index in [2.05, 4.69) is 15.4 Å². The van der Waals surface area contributed by atoms with Gasteiger partial charge in [-0.25, -0.2) is 9.78 Å². The predicted molar refractivity (Wildman–Crippen MR) is 126 cm³/mol. The van der Waals surface area contributed by atoms with Crippen molar-refractivity contribution in [1.29, 1.82) is 0 Å². The molecule has 4 heterocycles. The Morgan fingerprint density at radius 1 is 1.08 bits per heavy atom. The van der Waals surface area contributed by atoms with Crippen LogP contribution < -0.4 is 11.1 Å². The van der Waals surface area contributed by atoms with Gasteiger partial charge in [0, 0.05) is 42.5 Å². The second-order valence-corrected chi connectivity index (χ2v) is 9.79. The van der Waals surface area contributed by atoms with E-state index < -0.39 is 46.8 Å². The Balaban J connectivity index is 1.31. The largest absolute Gasteiger partial charge is 0.419 e. The number of nitrogens with one attached hydrogen (secondary N) is 1. The molecule has 2 amide bonds. The number of alkyl halides is 6. The summed E-state index contributed by atoms with van der Waals surface area (Å²) in [6.45, 7) is 2.93. The van der Waals surface area contributed by atoms with Gasteiger partial charge < -0.3 is 16.0 Å². The molecule has 2 aliphatic rings. The summed E-state index contributed by atoms with van der Waals surface area (Å²) in [5, 5.41) is 7.25. The van der Waals surface area contributed by atoms with Gasteiger partial charge >= 0.3 is 18.4 Å². The van der Waals surface area contributed by atoms with Crippen molar-refractivity contribution < 1.29 is 31.1 Å². The molecule has 13 heteroatoms. The first-order chi connectivity index (χ1) is 17.8. The van der Waals surface area contributed by atoms with Crippen LogP contribution in [0.25, 0.3) is 11.3 Å².